The van der Waals surface area contributed by atoms with Crippen LogP contribution in [0.15, 0.2) is 53.3 Å². The molecule has 1 nitrogen and oxygen atoms in total. The summed E-state index contributed by atoms with van der Waals surface area (Å²) in [6.07, 6.45) is 2.12. The van der Waals surface area contributed by atoms with Crippen LogP contribution in [0, 0.1) is 0 Å². The van der Waals surface area contributed by atoms with E-state index in [2.05, 4.69) is 43.3 Å². The summed E-state index contributed by atoms with van der Waals surface area (Å²) in [4.78, 5) is 12.3. The van der Waals surface area contributed by atoms with Gasteiger partial charge in [-0.15, -0.1) is 0 Å². The first kappa shape index (κ1) is 11.7. The minimum absolute atomic E-state index is 0.238. The molecule has 0 saturated heterocycles. The molecule has 0 bridgehead atoms. The van der Waals surface area contributed by atoms with Crippen molar-refractivity contribution in [1.82, 2.24) is 0 Å². The van der Waals surface area contributed by atoms with Crippen LogP contribution >= 0.6 is 0 Å². The van der Waals surface area contributed by atoms with E-state index in [0.29, 0.717) is 5.92 Å². The van der Waals surface area contributed by atoms with Crippen molar-refractivity contribution in [2.24, 2.45) is 0 Å². The van der Waals surface area contributed by atoms with Crippen LogP contribution in [0.3, 0.4) is 0 Å². The van der Waals surface area contributed by atoms with Gasteiger partial charge in [-0.3, -0.25) is 4.79 Å². The van der Waals surface area contributed by atoms with Crippen molar-refractivity contribution in [3.63, 3.8) is 0 Å². The molecule has 0 spiro atoms. The monoisotopic (exact) mass is 260 g/mol. The van der Waals surface area contributed by atoms with E-state index < -0.39 is 0 Å². The highest BCUT2D eigenvalue weighted by Gasteiger charge is 2.32. The molecule has 1 aliphatic rings. The van der Waals surface area contributed by atoms with Gasteiger partial charge >= 0.3 is 0 Å². The van der Waals surface area contributed by atoms with Crippen LogP contribution in [0.25, 0.3) is 22.3 Å². The lowest BCUT2D eigenvalue weighted by Crippen LogP contribution is -2.05. The van der Waals surface area contributed by atoms with Crippen molar-refractivity contribution < 1.29 is 0 Å². The second-order valence-electron chi connectivity index (χ2n) is 5.63. The molecule has 3 aromatic carbocycles. The molecule has 0 saturated carbocycles. The summed E-state index contributed by atoms with van der Waals surface area (Å²) in [6, 6.07) is 16.8. The highest BCUT2D eigenvalue weighted by atomic mass is 16.1. The quantitative estimate of drug-likeness (QED) is 0.637. The van der Waals surface area contributed by atoms with Crippen LogP contribution in [0.1, 0.15) is 30.4 Å². The second-order valence-corrected chi connectivity index (χ2v) is 5.63. The van der Waals surface area contributed by atoms with Gasteiger partial charge in [0.05, 0.1) is 0 Å². The number of benzene rings is 2. The number of rotatable bonds is 1. The fraction of sp³-hybridized carbons (Fsp3) is 0.211. The number of hydrogen-bond acceptors (Lipinski definition) is 1. The summed E-state index contributed by atoms with van der Waals surface area (Å²) >= 11 is 0. The van der Waals surface area contributed by atoms with E-state index in [9.17, 15) is 4.79 Å². The first-order chi connectivity index (χ1) is 9.81. The molecule has 0 amide bonds. The topological polar surface area (TPSA) is 17.1 Å². The zero-order valence-electron chi connectivity index (χ0n) is 11.5. The van der Waals surface area contributed by atoms with Crippen molar-refractivity contribution in [3.8, 4) is 22.3 Å². The summed E-state index contributed by atoms with van der Waals surface area (Å²) in [6.45, 7) is 2.23. The molecule has 0 fully saturated rings. The maximum atomic E-state index is 12.3. The van der Waals surface area contributed by atoms with E-state index in [1.54, 1.807) is 0 Å². The van der Waals surface area contributed by atoms with Gasteiger partial charge in [0.15, 0.2) is 5.43 Å². The third kappa shape index (κ3) is 1.53. The Labute approximate surface area is 118 Å². The highest BCUT2D eigenvalue weighted by molar-refractivity contribution is 5.96. The molecule has 0 N–H and O–H groups in total. The van der Waals surface area contributed by atoms with Crippen LogP contribution in [-0.4, -0.2) is 0 Å². The van der Waals surface area contributed by atoms with Crippen molar-refractivity contribution in [2.75, 3.05) is 0 Å². The van der Waals surface area contributed by atoms with Gasteiger partial charge in [0.25, 0.3) is 0 Å². The lowest BCUT2D eigenvalue weighted by atomic mass is 9.83. The Morgan fingerprint density at radius 3 is 2.40 bits per heavy atom. The molecule has 1 heteroatoms. The minimum atomic E-state index is 0.238. The van der Waals surface area contributed by atoms with E-state index in [4.69, 9.17) is 0 Å². The maximum absolute atomic E-state index is 12.3. The van der Waals surface area contributed by atoms with Gasteiger partial charge in [-0.25, -0.2) is 0 Å². The number of fused-ring (bicyclic) bond motifs is 5. The van der Waals surface area contributed by atoms with Gasteiger partial charge in [0.1, 0.15) is 0 Å². The molecule has 20 heavy (non-hydrogen) atoms. The third-order valence-corrected chi connectivity index (χ3v) is 4.56. The first-order valence-corrected chi connectivity index (χ1v) is 7.27. The van der Waals surface area contributed by atoms with E-state index in [-0.39, 0.29) is 5.43 Å². The van der Waals surface area contributed by atoms with Crippen molar-refractivity contribution in [1.29, 1.82) is 0 Å². The average molecular weight is 260 g/mol. The first-order valence-electron chi connectivity index (χ1n) is 7.27. The molecule has 1 atom stereocenters. The Bertz CT molecular complexity index is 803. The van der Waals surface area contributed by atoms with Crippen LogP contribution in [0.2, 0.25) is 0 Å². The molecule has 98 valence electrons. The molecular weight excluding hydrogens is 244 g/mol. The third-order valence-electron chi connectivity index (χ3n) is 4.56. The molecule has 4 rings (SSSR count). The molecular formula is C19H16O. The zero-order chi connectivity index (χ0) is 13.7. The van der Waals surface area contributed by atoms with E-state index in [0.717, 1.165) is 35.1 Å². The SMILES string of the molecule is CCC1Cc2ccccc2-c2c(c2=O)-c2ccccc21. The molecule has 3 aromatic rings. The largest absolute Gasteiger partial charge is 0.289 e. The molecule has 1 unspecified atom stereocenters. The molecule has 0 heterocycles. The Kier molecular flexibility index (Phi) is 2.43. The lowest BCUT2D eigenvalue weighted by molar-refractivity contribution is 0.662. The Morgan fingerprint density at radius 2 is 1.60 bits per heavy atom. The second kappa shape index (κ2) is 4.17. The Hall–Kier alpha value is -2.15. The normalized spacial score (nSPS) is 16.9. The lowest BCUT2D eigenvalue weighted by Gasteiger charge is -2.21. The van der Waals surface area contributed by atoms with E-state index in [1.165, 1.54) is 11.1 Å². The standard InChI is InChI=1S/C19H16O/c1-2-12-11-13-7-3-4-9-15(13)17-18(19(17)20)16-10-6-5-8-14(12)16/h3-10,12H,2,11H2,1H3. The van der Waals surface area contributed by atoms with E-state index in [1.807, 2.05) is 12.1 Å². The smallest absolute Gasteiger partial charge is 0.195 e. The predicted molar refractivity (Wildman–Crippen MR) is 82.7 cm³/mol. The Morgan fingerprint density at radius 1 is 0.950 bits per heavy atom. The van der Waals surface area contributed by atoms with Gasteiger partial charge in [-0.1, -0.05) is 55.5 Å². The summed E-state index contributed by atoms with van der Waals surface area (Å²) in [7, 11) is 0. The average Bonchev–Trinajstić information content (AvgIpc) is 3.14. The van der Waals surface area contributed by atoms with Crippen molar-refractivity contribution in [3.05, 3.63) is 69.9 Å². The Balaban J connectivity index is 2.02. The molecule has 0 aromatic heterocycles. The predicted octanol–water partition coefficient (Wildman–Crippen LogP) is 4.31. The van der Waals surface area contributed by atoms with Gasteiger partial charge in [-0.05, 0) is 41.0 Å². The summed E-state index contributed by atoms with van der Waals surface area (Å²) in [5.41, 5.74) is 7.10. The highest BCUT2D eigenvalue weighted by Crippen LogP contribution is 2.44. The van der Waals surface area contributed by atoms with Crippen LogP contribution in [0.4, 0.5) is 0 Å². The van der Waals surface area contributed by atoms with Gasteiger partial charge < -0.3 is 0 Å². The minimum Gasteiger partial charge on any atom is -0.289 e. The summed E-state index contributed by atoms with van der Waals surface area (Å²) < 4.78 is 0. The fourth-order valence-corrected chi connectivity index (χ4v) is 3.45. The summed E-state index contributed by atoms with van der Waals surface area (Å²) in [5, 5.41) is 0. The molecule has 1 aliphatic carbocycles. The number of hydrogen-bond donors (Lipinski definition) is 0. The van der Waals surface area contributed by atoms with Crippen LogP contribution in [-0.2, 0) is 6.42 Å². The fourth-order valence-electron chi connectivity index (χ4n) is 3.45. The molecule has 0 radical (unpaired) electrons. The van der Waals surface area contributed by atoms with Crippen LogP contribution in [0.5, 0.6) is 0 Å². The van der Waals surface area contributed by atoms with Crippen molar-refractivity contribution >= 4 is 0 Å². The van der Waals surface area contributed by atoms with Gasteiger partial charge in [0.2, 0.25) is 0 Å². The van der Waals surface area contributed by atoms with Gasteiger partial charge in [-0.2, -0.15) is 0 Å². The zero-order valence-corrected chi connectivity index (χ0v) is 11.5. The maximum Gasteiger partial charge on any atom is 0.195 e. The summed E-state index contributed by atoms with van der Waals surface area (Å²) in [5.74, 6) is 0.495. The van der Waals surface area contributed by atoms with Crippen molar-refractivity contribution in [2.45, 2.75) is 25.7 Å². The van der Waals surface area contributed by atoms with Crippen LogP contribution < -0.4 is 5.43 Å². The van der Waals surface area contributed by atoms with Gasteiger partial charge in [0, 0.05) is 11.1 Å². The van der Waals surface area contributed by atoms with E-state index >= 15 is 0 Å². The molecule has 0 aliphatic heterocycles.